The van der Waals surface area contributed by atoms with E-state index in [9.17, 15) is 29.1 Å². The van der Waals surface area contributed by atoms with Crippen molar-refractivity contribution in [3.05, 3.63) is 95.6 Å². The smallest absolute Gasteiger partial charge is 0.408 e. The van der Waals surface area contributed by atoms with Gasteiger partial charge in [-0.3, -0.25) is 4.79 Å². The highest BCUT2D eigenvalue weighted by Gasteiger charge is 2.45. The quantitative estimate of drug-likeness (QED) is 0.122. The lowest BCUT2D eigenvalue weighted by molar-refractivity contribution is -0.149. The summed E-state index contributed by atoms with van der Waals surface area (Å²) in [6, 6.07) is 24.0. The maximum atomic E-state index is 13.9. The lowest BCUT2D eigenvalue weighted by atomic mass is 9.87. The number of nitrogens with zero attached hydrogens (tertiary/aromatic N) is 1. The van der Waals surface area contributed by atoms with Crippen LogP contribution in [-0.4, -0.2) is 83.6 Å². The molecule has 3 aromatic carbocycles. The van der Waals surface area contributed by atoms with Gasteiger partial charge in [0.2, 0.25) is 5.91 Å². The highest BCUT2D eigenvalue weighted by Crippen LogP contribution is 2.44. The molecule has 1 aliphatic carbocycles. The molecule has 13 heteroatoms. The molecule has 4 amide bonds. The molecule has 0 spiro atoms. The Labute approximate surface area is 309 Å². The van der Waals surface area contributed by atoms with E-state index in [-0.39, 0.29) is 51.5 Å². The molecule has 1 heterocycles. The molecular weight excluding hydrogens is 680 g/mol. The zero-order valence-electron chi connectivity index (χ0n) is 30.4. The van der Waals surface area contributed by atoms with Gasteiger partial charge in [0.15, 0.2) is 0 Å². The number of nitrogens with one attached hydrogen (secondary N) is 3. The molecule has 1 saturated heterocycles. The van der Waals surface area contributed by atoms with E-state index in [1.54, 1.807) is 45.0 Å². The Hall–Kier alpha value is -5.59. The summed E-state index contributed by atoms with van der Waals surface area (Å²) in [4.78, 5) is 65.8. The third-order valence-corrected chi connectivity index (χ3v) is 9.41. The van der Waals surface area contributed by atoms with Crippen molar-refractivity contribution in [2.75, 3.05) is 26.2 Å². The van der Waals surface area contributed by atoms with Crippen molar-refractivity contribution in [3.8, 4) is 11.1 Å². The predicted molar refractivity (Wildman–Crippen MR) is 196 cm³/mol. The molecule has 5 rings (SSSR count). The SMILES string of the molecule is CC(C)(C)OC(=O)NCCCCC(NC(=O)OCC1c2ccccc2-c2ccccc21)C(=O)N1CCC(NC(=O)OCc2ccccc2)(C(=O)O)CC1. The van der Waals surface area contributed by atoms with Crippen LogP contribution in [0.25, 0.3) is 11.1 Å². The van der Waals surface area contributed by atoms with E-state index in [2.05, 4.69) is 16.0 Å². The second-order valence-electron chi connectivity index (χ2n) is 14.3. The molecule has 1 unspecified atom stereocenters. The Bertz CT molecular complexity index is 1720. The van der Waals surface area contributed by atoms with Gasteiger partial charge in [-0.05, 0) is 80.7 Å². The number of hydrogen-bond donors (Lipinski definition) is 4. The van der Waals surface area contributed by atoms with Gasteiger partial charge in [-0.1, -0.05) is 78.9 Å². The third kappa shape index (κ3) is 10.3. The van der Waals surface area contributed by atoms with E-state index in [1.165, 1.54) is 4.90 Å². The molecule has 4 N–H and O–H groups in total. The van der Waals surface area contributed by atoms with Crippen molar-refractivity contribution < 1.29 is 43.3 Å². The molecule has 0 saturated carbocycles. The molecule has 0 radical (unpaired) electrons. The zero-order chi connectivity index (χ0) is 38.0. The van der Waals surface area contributed by atoms with Crippen molar-refractivity contribution in [1.29, 1.82) is 0 Å². The number of carbonyl (C=O) groups excluding carboxylic acids is 4. The average Bonchev–Trinajstić information content (AvgIpc) is 3.45. The Balaban J connectivity index is 1.20. The summed E-state index contributed by atoms with van der Waals surface area (Å²) in [7, 11) is 0. The van der Waals surface area contributed by atoms with E-state index >= 15 is 0 Å². The van der Waals surface area contributed by atoms with Gasteiger partial charge in [0.05, 0.1) is 0 Å². The first-order valence-corrected chi connectivity index (χ1v) is 17.9. The van der Waals surface area contributed by atoms with Gasteiger partial charge in [0.1, 0.15) is 30.4 Å². The molecule has 3 aromatic rings. The number of rotatable bonds is 13. The summed E-state index contributed by atoms with van der Waals surface area (Å²) in [5, 5.41) is 18.1. The largest absolute Gasteiger partial charge is 0.480 e. The number of carboxylic acids is 1. The summed E-state index contributed by atoms with van der Waals surface area (Å²) in [5.74, 6) is -1.80. The average molecular weight is 729 g/mol. The van der Waals surface area contributed by atoms with Crippen LogP contribution in [0.1, 0.15) is 75.5 Å². The van der Waals surface area contributed by atoms with Gasteiger partial charge in [-0.15, -0.1) is 0 Å². The number of hydrogen-bond acceptors (Lipinski definition) is 8. The van der Waals surface area contributed by atoms with Crippen LogP contribution in [0.4, 0.5) is 14.4 Å². The summed E-state index contributed by atoms with van der Waals surface area (Å²) < 4.78 is 16.3. The van der Waals surface area contributed by atoms with Crippen LogP contribution in [-0.2, 0) is 30.4 Å². The van der Waals surface area contributed by atoms with Crippen LogP contribution in [0.2, 0.25) is 0 Å². The first-order chi connectivity index (χ1) is 25.3. The maximum Gasteiger partial charge on any atom is 0.408 e. The Morgan fingerprint density at radius 3 is 2.02 bits per heavy atom. The van der Waals surface area contributed by atoms with E-state index in [1.807, 2.05) is 54.6 Å². The minimum Gasteiger partial charge on any atom is -0.480 e. The molecule has 0 aromatic heterocycles. The van der Waals surface area contributed by atoms with Crippen molar-refractivity contribution >= 4 is 30.2 Å². The summed E-state index contributed by atoms with van der Waals surface area (Å²) in [6.45, 7) is 5.70. The Kier molecular flexibility index (Phi) is 12.6. The number of likely N-dealkylation sites (tertiary alicyclic amines) is 1. The Morgan fingerprint density at radius 2 is 1.42 bits per heavy atom. The fourth-order valence-electron chi connectivity index (χ4n) is 6.69. The third-order valence-electron chi connectivity index (χ3n) is 9.41. The summed E-state index contributed by atoms with van der Waals surface area (Å²) in [5.41, 5.74) is 2.77. The van der Waals surface area contributed by atoms with Crippen LogP contribution in [0.5, 0.6) is 0 Å². The van der Waals surface area contributed by atoms with E-state index in [0.29, 0.717) is 19.4 Å². The lowest BCUT2D eigenvalue weighted by Gasteiger charge is -2.40. The van der Waals surface area contributed by atoms with E-state index in [0.717, 1.165) is 27.8 Å². The minimum atomic E-state index is -1.63. The van der Waals surface area contributed by atoms with Crippen molar-refractivity contribution in [2.45, 2.75) is 82.6 Å². The van der Waals surface area contributed by atoms with Crippen LogP contribution >= 0.6 is 0 Å². The number of aliphatic carboxylic acids is 1. The monoisotopic (exact) mass is 728 g/mol. The Morgan fingerprint density at radius 1 is 0.811 bits per heavy atom. The van der Waals surface area contributed by atoms with Crippen molar-refractivity contribution in [3.63, 3.8) is 0 Å². The molecule has 1 fully saturated rings. The molecular formula is C40H48N4O9. The second-order valence-corrected chi connectivity index (χ2v) is 14.3. The summed E-state index contributed by atoms with van der Waals surface area (Å²) in [6.07, 6.45) is -1.08. The van der Waals surface area contributed by atoms with Gasteiger partial charge in [0, 0.05) is 25.6 Å². The fraction of sp³-hybridized carbons (Fsp3) is 0.425. The lowest BCUT2D eigenvalue weighted by Crippen LogP contribution is -2.62. The molecule has 2 aliphatic rings. The van der Waals surface area contributed by atoms with Gasteiger partial charge >= 0.3 is 24.2 Å². The molecule has 282 valence electrons. The molecule has 1 atom stereocenters. The van der Waals surface area contributed by atoms with E-state index < -0.39 is 47.3 Å². The first kappa shape index (κ1) is 38.6. The normalized spacial score (nSPS) is 15.3. The number of alkyl carbamates (subject to hydrolysis) is 3. The number of carboxylic acid groups (broad SMARTS) is 1. The van der Waals surface area contributed by atoms with Gasteiger partial charge in [0.25, 0.3) is 0 Å². The van der Waals surface area contributed by atoms with Crippen molar-refractivity contribution in [2.24, 2.45) is 0 Å². The van der Waals surface area contributed by atoms with E-state index in [4.69, 9.17) is 14.2 Å². The van der Waals surface area contributed by atoms with Gasteiger partial charge in [-0.2, -0.15) is 0 Å². The zero-order valence-corrected chi connectivity index (χ0v) is 30.4. The van der Waals surface area contributed by atoms with Crippen LogP contribution in [0.3, 0.4) is 0 Å². The fourth-order valence-corrected chi connectivity index (χ4v) is 6.69. The van der Waals surface area contributed by atoms with Crippen LogP contribution in [0.15, 0.2) is 78.9 Å². The topological polar surface area (TPSA) is 173 Å². The predicted octanol–water partition coefficient (Wildman–Crippen LogP) is 5.96. The second kappa shape index (κ2) is 17.3. The number of fused-ring (bicyclic) bond motifs is 3. The number of piperidine rings is 1. The van der Waals surface area contributed by atoms with Crippen LogP contribution in [0, 0.1) is 0 Å². The molecule has 0 bridgehead atoms. The highest BCUT2D eigenvalue weighted by atomic mass is 16.6. The number of benzene rings is 3. The van der Waals surface area contributed by atoms with Crippen LogP contribution < -0.4 is 16.0 Å². The number of carbonyl (C=O) groups is 5. The molecule has 53 heavy (non-hydrogen) atoms. The summed E-state index contributed by atoms with van der Waals surface area (Å²) >= 11 is 0. The van der Waals surface area contributed by atoms with Gasteiger partial charge in [-0.25, -0.2) is 19.2 Å². The number of amides is 4. The van der Waals surface area contributed by atoms with Gasteiger partial charge < -0.3 is 40.2 Å². The molecule has 13 nitrogen and oxygen atoms in total. The number of ether oxygens (including phenoxy) is 3. The first-order valence-electron chi connectivity index (χ1n) is 17.9. The van der Waals surface area contributed by atoms with Crippen molar-refractivity contribution in [1.82, 2.24) is 20.9 Å². The number of unbranched alkanes of at least 4 members (excludes halogenated alkanes) is 1. The molecule has 1 aliphatic heterocycles. The minimum absolute atomic E-state index is 0.0210. The highest BCUT2D eigenvalue weighted by molar-refractivity contribution is 5.88. The standard InChI is InChI=1S/C40H48N4O9/c1-39(2,3)53-36(48)41-22-12-11-19-33(42-37(49)52-26-32-30-17-9-7-15-28(30)29-16-8-10-18-31(29)32)34(45)44-23-20-40(21-24-44,35(46)47)43-38(50)51-25-27-13-5-4-6-14-27/h4-10,13-18,32-33H,11-12,19-26H2,1-3H3,(H,41,48)(H,42,49)(H,43,50)(H,46,47). The maximum absolute atomic E-state index is 13.9.